The molecule has 0 amide bonds. The minimum Gasteiger partial charge on any atom is -0.256 e. The Bertz CT molecular complexity index is 2360. The maximum absolute atomic E-state index is 5.13. The summed E-state index contributed by atoms with van der Waals surface area (Å²) in [4.78, 5) is 19.7. The van der Waals surface area contributed by atoms with E-state index in [1.807, 2.05) is 54.7 Å². The van der Waals surface area contributed by atoms with Crippen molar-refractivity contribution in [2.45, 2.75) is 5.41 Å². The van der Waals surface area contributed by atoms with Gasteiger partial charge in [0.2, 0.25) is 0 Å². The van der Waals surface area contributed by atoms with Crippen molar-refractivity contribution < 1.29 is 0 Å². The normalized spacial score (nSPS) is 12.9. The van der Waals surface area contributed by atoms with Crippen LogP contribution in [-0.2, 0) is 5.41 Å². The van der Waals surface area contributed by atoms with Crippen molar-refractivity contribution in [3.63, 3.8) is 0 Å². The molecule has 47 heavy (non-hydrogen) atoms. The average Bonchev–Trinajstić information content (AvgIpc) is 3.46. The molecular weight excluding hydrogens is 573 g/mol. The van der Waals surface area contributed by atoms with Crippen molar-refractivity contribution in [3.05, 3.63) is 192 Å². The molecule has 2 aromatic heterocycles. The number of fused-ring (bicyclic) bond motifs is 4. The summed E-state index contributed by atoms with van der Waals surface area (Å²) in [7, 11) is 0. The molecule has 0 spiro atoms. The van der Waals surface area contributed by atoms with Crippen LogP contribution in [0.4, 0.5) is 0 Å². The van der Waals surface area contributed by atoms with Gasteiger partial charge in [0.05, 0.1) is 10.9 Å². The molecule has 0 bridgehead atoms. The second-order valence-electron chi connectivity index (χ2n) is 11.9. The van der Waals surface area contributed by atoms with Crippen LogP contribution in [0.1, 0.15) is 22.3 Å². The molecule has 4 nitrogen and oxygen atoms in total. The number of hydrogen-bond donors (Lipinski definition) is 0. The predicted octanol–water partition coefficient (Wildman–Crippen LogP) is 9.78. The summed E-state index contributed by atoms with van der Waals surface area (Å²) in [5, 5.41) is 1.04. The van der Waals surface area contributed by atoms with E-state index < -0.39 is 5.41 Å². The van der Waals surface area contributed by atoms with Crippen molar-refractivity contribution in [3.8, 4) is 45.3 Å². The molecule has 0 aliphatic heterocycles. The van der Waals surface area contributed by atoms with Gasteiger partial charge in [-0.05, 0) is 63.7 Å². The lowest BCUT2D eigenvalue weighted by atomic mass is 9.67. The second kappa shape index (κ2) is 11.0. The smallest absolute Gasteiger partial charge is 0.164 e. The van der Waals surface area contributed by atoms with Gasteiger partial charge in [0.15, 0.2) is 17.5 Å². The van der Waals surface area contributed by atoms with Crippen molar-refractivity contribution >= 4 is 10.9 Å². The molecule has 0 atom stereocenters. The standard InChI is InChI=1S/C43H28N4/c1-4-13-29(14-5-1)40-45-41(31-23-25-39-30(27-31)15-12-26-44-39)47-42(46-40)32-22-24-36-35-20-10-11-21-37(35)43(38(36)28-32,33-16-6-2-7-17-33)34-18-8-3-9-19-34/h1-28H. The predicted molar refractivity (Wildman–Crippen MR) is 189 cm³/mol. The van der Waals surface area contributed by atoms with Crippen molar-refractivity contribution in [2.75, 3.05) is 0 Å². The SMILES string of the molecule is c1ccc(-c2nc(-c3ccc4c(c3)C(c3ccccc3)(c3ccccc3)c3ccccc3-4)nc(-c3ccc4ncccc4c3)n2)cc1. The van der Waals surface area contributed by atoms with Crippen LogP contribution in [0, 0.1) is 0 Å². The van der Waals surface area contributed by atoms with Crippen LogP contribution in [0.15, 0.2) is 170 Å². The van der Waals surface area contributed by atoms with E-state index in [1.165, 1.54) is 33.4 Å². The van der Waals surface area contributed by atoms with Gasteiger partial charge in [-0.15, -0.1) is 0 Å². The average molecular weight is 601 g/mol. The van der Waals surface area contributed by atoms with E-state index in [2.05, 4.69) is 120 Å². The molecule has 4 heteroatoms. The number of nitrogens with zero attached hydrogens (tertiary/aromatic N) is 4. The van der Waals surface area contributed by atoms with Crippen LogP contribution in [-0.4, -0.2) is 19.9 Å². The van der Waals surface area contributed by atoms with Crippen molar-refractivity contribution in [1.82, 2.24) is 19.9 Å². The Kier molecular flexibility index (Phi) is 6.32. The number of hydrogen-bond acceptors (Lipinski definition) is 4. The fourth-order valence-corrected chi connectivity index (χ4v) is 7.15. The van der Waals surface area contributed by atoms with E-state index in [0.29, 0.717) is 17.5 Å². The summed E-state index contributed by atoms with van der Waals surface area (Å²) in [6.45, 7) is 0. The van der Waals surface area contributed by atoms with Crippen LogP contribution in [0.3, 0.4) is 0 Å². The van der Waals surface area contributed by atoms with Crippen LogP contribution < -0.4 is 0 Å². The summed E-state index contributed by atoms with van der Waals surface area (Å²) in [6.07, 6.45) is 1.81. The first-order valence-electron chi connectivity index (χ1n) is 15.8. The minimum atomic E-state index is -0.506. The van der Waals surface area contributed by atoms with Gasteiger partial charge in [-0.3, -0.25) is 4.98 Å². The van der Waals surface area contributed by atoms with Gasteiger partial charge in [-0.1, -0.05) is 133 Å². The molecule has 6 aromatic carbocycles. The zero-order valence-corrected chi connectivity index (χ0v) is 25.5. The van der Waals surface area contributed by atoms with Gasteiger partial charge in [-0.25, -0.2) is 15.0 Å². The zero-order valence-electron chi connectivity index (χ0n) is 25.5. The van der Waals surface area contributed by atoms with Crippen LogP contribution >= 0.6 is 0 Å². The molecule has 0 saturated carbocycles. The third-order valence-electron chi connectivity index (χ3n) is 9.25. The molecule has 0 saturated heterocycles. The quantitative estimate of drug-likeness (QED) is 0.197. The van der Waals surface area contributed by atoms with Crippen molar-refractivity contribution in [2.24, 2.45) is 0 Å². The highest BCUT2D eigenvalue weighted by Gasteiger charge is 2.46. The third-order valence-corrected chi connectivity index (χ3v) is 9.25. The number of benzene rings is 6. The Morgan fingerprint density at radius 2 is 0.936 bits per heavy atom. The van der Waals surface area contributed by atoms with Gasteiger partial charge < -0.3 is 0 Å². The summed E-state index contributed by atoms with van der Waals surface area (Å²) in [5.74, 6) is 1.90. The molecule has 8 aromatic rings. The first-order chi connectivity index (χ1) is 23.3. The lowest BCUT2D eigenvalue weighted by Crippen LogP contribution is -2.28. The summed E-state index contributed by atoms with van der Waals surface area (Å²) < 4.78 is 0. The Hall–Kier alpha value is -6.26. The number of pyridine rings is 1. The Labute approximate surface area is 273 Å². The summed E-state index contributed by atoms with van der Waals surface area (Å²) in [5.41, 5.74) is 10.6. The Balaban J connectivity index is 1.30. The third kappa shape index (κ3) is 4.38. The van der Waals surface area contributed by atoms with Gasteiger partial charge in [0.1, 0.15) is 0 Å². The van der Waals surface area contributed by atoms with Gasteiger partial charge in [0.25, 0.3) is 0 Å². The lowest BCUT2D eigenvalue weighted by molar-refractivity contribution is 0.768. The molecule has 2 heterocycles. The molecule has 0 N–H and O–H groups in total. The number of rotatable bonds is 5. The molecule has 0 fully saturated rings. The fourth-order valence-electron chi connectivity index (χ4n) is 7.15. The monoisotopic (exact) mass is 600 g/mol. The van der Waals surface area contributed by atoms with E-state index in [-0.39, 0.29) is 0 Å². The largest absolute Gasteiger partial charge is 0.256 e. The lowest BCUT2D eigenvalue weighted by Gasteiger charge is -2.34. The summed E-state index contributed by atoms with van der Waals surface area (Å²) >= 11 is 0. The highest BCUT2D eigenvalue weighted by atomic mass is 15.0. The Morgan fingerprint density at radius 3 is 1.64 bits per heavy atom. The van der Waals surface area contributed by atoms with E-state index in [4.69, 9.17) is 15.0 Å². The highest BCUT2D eigenvalue weighted by molar-refractivity contribution is 5.88. The topological polar surface area (TPSA) is 51.6 Å². The van der Waals surface area contributed by atoms with E-state index >= 15 is 0 Å². The Morgan fingerprint density at radius 1 is 0.383 bits per heavy atom. The zero-order chi connectivity index (χ0) is 31.2. The van der Waals surface area contributed by atoms with E-state index in [9.17, 15) is 0 Å². The maximum Gasteiger partial charge on any atom is 0.164 e. The van der Waals surface area contributed by atoms with E-state index in [1.54, 1.807) is 0 Å². The van der Waals surface area contributed by atoms with Gasteiger partial charge in [-0.2, -0.15) is 0 Å². The molecule has 220 valence electrons. The van der Waals surface area contributed by atoms with Gasteiger partial charge in [0, 0.05) is 28.3 Å². The summed E-state index contributed by atoms with van der Waals surface area (Å²) in [6, 6.07) is 57.5. The minimum absolute atomic E-state index is 0.506. The molecule has 1 aliphatic rings. The molecule has 0 unspecified atom stereocenters. The van der Waals surface area contributed by atoms with Crippen molar-refractivity contribution in [1.29, 1.82) is 0 Å². The molecule has 9 rings (SSSR count). The molecule has 1 aliphatic carbocycles. The van der Waals surface area contributed by atoms with E-state index in [0.717, 1.165) is 27.6 Å². The first kappa shape index (κ1) is 27.1. The van der Waals surface area contributed by atoms with Crippen LogP contribution in [0.25, 0.3) is 56.2 Å². The molecule has 0 radical (unpaired) electrons. The fraction of sp³-hybridized carbons (Fsp3) is 0.0233. The first-order valence-corrected chi connectivity index (χ1v) is 15.8. The highest BCUT2D eigenvalue weighted by Crippen LogP contribution is 2.56. The van der Waals surface area contributed by atoms with Gasteiger partial charge >= 0.3 is 0 Å². The molecular formula is C43H28N4. The second-order valence-corrected chi connectivity index (χ2v) is 11.9. The number of aromatic nitrogens is 4. The van der Waals surface area contributed by atoms with Crippen LogP contribution in [0.5, 0.6) is 0 Å². The maximum atomic E-state index is 5.13. The van der Waals surface area contributed by atoms with Crippen LogP contribution in [0.2, 0.25) is 0 Å².